The van der Waals surface area contributed by atoms with E-state index in [1.165, 1.54) is 12.1 Å². The fraction of sp³-hybridized carbons (Fsp3) is 0.588. The molecule has 1 saturated heterocycles. The zero-order valence-electron chi connectivity index (χ0n) is 13.0. The summed E-state index contributed by atoms with van der Waals surface area (Å²) in [7, 11) is 0. The Hall–Kier alpha value is -1.42. The molecule has 1 atom stereocenters. The predicted molar refractivity (Wildman–Crippen MR) is 83.9 cm³/mol. The maximum Gasteiger partial charge on any atom is 0.234 e. The highest BCUT2D eigenvalue weighted by Crippen LogP contribution is 2.35. The molecular weight excluding hydrogens is 267 g/mol. The number of nitrogens with zero attached hydrogens (tertiary/aromatic N) is 1. The summed E-state index contributed by atoms with van der Waals surface area (Å²) in [5.41, 5.74) is 0.474. The van der Waals surface area contributed by atoms with Gasteiger partial charge in [-0.15, -0.1) is 0 Å². The molecule has 1 N–H and O–H groups in total. The van der Waals surface area contributed by atoms with E-state index in [0.717, 1.165) is 44.5 Å². The van der Waals surface area contributed by atoms with Gasteiger partial charge in [0.15, 0.2) is 0 Å². The van der Waals surface area contributed by atoms with E-state index >= 15 is 0 Å². The number of carbonyl (C=O) groups excluding carboxylic acids is 1. The molecule has 1 aromatic rings. The first-order valence-corrected chi connectivity index (χ1v) is 7.91. The molecule has 1 unspecified atom stereocenters. The van der Waals surface area contributed by atoms with Gasteiger partial charge in [-0.1, -0.05) is 13.3 Å². The van der Waals surface area contributed by atoms with Crippen LogP contribution in [0.1, 0.15) is 39.5 Å². The van der Waals surface area contributed by atoms with E-state index in [0.29, 0.717) is 6.54 Å². The number of benzene rings is 1. The van der Waals surface area contributed by atoms with Gasteiger partial charge in [-0.2, -0.15) is 0 Å². The quantitative estimate of drug-likeness (QED) is 0.902. The molecule has 1 aliphatic rings. The Morgan fingerprint density at radius 2 is 2.05 bits per heavy atom. The minimum atomic E-state index is -0.308. The summed E-state index contributed by atoms with van der Waals surface area (Å²) in [6.45, 7) is 6.43. The first-order valence-electron chi connectivity index (χ1n) is 7.91. The molecule has 1 aromatic carbocycles. The summed E-state index contributed by atoms with van der Waals surface area (Å²) < 4.78 is 13.1. The third-order valence-corrected chi connectivity index (χ3v) is 4.35. The second-order valence-corrected chi connectivity index (χ2v) is 5.84. The lowest BCUT2D eigenvalue weighted by molar-refractivity contribution is -0.129. The molecular formula is C17H25FN2O. The minimum Gasteiger partial charge on any atom is -0.316 e. The van der Waals surface area contributed by atoms with E-state index in [9.17, 15) is 9.18 Å². The predicted octanol–water partition coefficient (Wildman–Crippen LogP) is 3.35. The maximum atomic E-state index is 13.1. The molecule has 2 rings (SSSR count). The topological polar surface area (TPSA) is 32.3 Å². The van der Waals surface area contributed by atoms with E-state index < -0.39 is 0 Å². The van der Waals surface area contributed by atoms with Crippen molar-refractivity contribution in [3.05, 3.63) is 30.1 Å². The monoisotopic (exact) mass is 292 g/mol. The van der Waals surface area contributed by atoms with Gasteiger partial charge in [-0.25, -0.2) is 4.39 Å². The van der Waals surface area contributed by atoms with Crippen LogP contribution in [0, 0.1) is 11.2 Å². The molecule has 3 nitrogen and oxygen atoms in total. The van der Waals surface area contributed by atoms with Crippen LogP contribution in [0.5, 0.6) is 0 Å². The van der Waals surface area contributed by atoms with Crippen LogP contribution >= 0.6 is 0 Å². The normalized spacial score (nSPS) is 22.0. The second kappa shape index (κ2) is 7.03. The average Bonchev–Trinajstić information content (AvgIpc) is 2.51. The molecule has 116 valence electrons. The van der Waals surface area contributed by atoms with E-state index in [1.807, 2.05) is 6.92 Å². The summed E-state index contributed by atoms with van der Waals surface area (Å²) in [6.07, 6.45) is 3.86. The number of halogens is 1. The third-order valence-electron chi connectivity index (χ3n) is 4.35. The summed E-state index contributed by atoms with van der Waals surface area (Å²) in [4.78, 5) is 14.9. The van der Waals surface area contributed by atoms with Crippen LogP contribution in [0.2, 0.25) is 0 Å². The lowest BCUT2D eigenvalue weighted by Crippen LogP contribution is -2.52. The molecule has 1 amide bonds. The molecule has 0 bridgehead atoms. The van der Waals surface area contributed by atoms with E-state index in [-0.39, 0.29) is 17.1 Å². The van der Waals surface area contributed by atoms with Gasteiger partial charge in [-0.05, 0) is 57.0 Å². The van der Waals surface area contributed by atoms with Gasteiger partial charge in [0, 0.05) is 18.8 Å². The van der Waals surface area contributed by atoms with Crippen molar-refractivity contribution in [2.75, 3.05) is 24.5 Å². The SMILES string of the molecule is CCCC1(C(=O)N(CC)c2ccc(F)cc2)CCCNC1. The molecule has 1 aliphatic heterocycles. The summed E-state index contributed by atoms with van der Waals surface area (Å²) in [5, 5.41) is 3.37. The fourth-order valence-corrected chi connectivity index (χ4v) is 3.30. The number of hydrogen-bond donors (Lipinski definition) is 1. The Morgan fingerprint density at radius 1 is 1.33 bits per heavy atom. The van der Waals surface area contributed by atoms with Crippen LogP contribution < -0.4 is 10.2 Å². The molecule has 0 spiro atoms. The van der Waals surface area contributed by atoms with Crippen LogP contribution in [-0.2, 0) is 4.79 Å². The third kappa shape index (κ3) is 3.43. The maximum absolute atomic E-state index is 13.1. The second-order valence-electron chi connectivity index (χ2n) is 5.84. The van der Waals surface area contributed by atoms with Crippen molar-refractivity contribution in [2.24, 2.45) is 5.41 Å². The zero-order valence-corrected chi connectivity index (χ0v) is 13.0. The van der Waals surface area contributed by atoms with Crippen LogP contribution in [-0.4, -0.2) is 25.5 Å². The minimum absolute atomic E-state index is 0.172. The van der Waals surface area contributed by atoms with E-state index in [2.05, 4.69) is 12.2 Å². The standard InChI is InChI=1S/C17H25FN2O/c1-3-10-17(11-5-12-19-13-17)16(21)20(4-2)15-8-6-14(18)7-9-15/h6-9,19H,3-5,10-13H2,1-2H3. The van der Waals surface area contributed by atoms with Gasteiger partial charge < -0.3 is 10.2 Å². The molecule has 0 saturated carbocycles. The van der Waals surface area contributed by atoms with Crippen LogP contribution in [0.15, 0.2) is 24.3 Å². The van der Waals surface area contributed by atoms with Crippen molar-refractivity contribution in [1.82, 2.24) is 5.32 Å². The van der Waals surface area contributed by atoms with Crippen molar-refractivity contribution in [3.63, 3.8) is 0 Å². The fourth-order valence-electron chi connectivity index (χ4n) is 3.30. The largest absolute Gasteiger partial charge is 0.316 e. The lowest BCUT2D eigenvalue weighted by Gasteiger charge is -2.40. The van der Waals surface area contributed by atoms with Crippen LogP contribution in [0.4, 0.5) is 10.1 Å². The van der Waals surface area contributed by atoms with Gasteiger partial charge in [0.2, 0.25) is 5.91 Å². The number of hydrogen-bond acceptors (Lipinski definition) is 2. The number of nitrogens with one attached hydrogen (secondary N) is 1. The van der Waals surface area contributed by atoms with Gasteiger partial charge >= 0.3 is 0 Å². The summed E-state index contributed by atoms with van der Waals surface area (Å²) in [6, 6.07) is 6.20. The van der Waals surface area contributed by atoms with Crippen molar-refractivity contribution >= 4 is 11.6 Å². The molecule has 21 heavy (non-hydrogen) atoms. The lowest BCUT2D eigenvalue weighted by atomic mass is 9.75. The first-order chi connectivity index (χ1) is 10.1. The van der Waals surface area contributed by atoms with Crippen molar-refractivity contribution < 1.29 is 9.18 Å². The molecule has 0 aliphatic carbocycles. The van der Waals surface area contributed by atoms with Gasteiger partial charge in [0.25, 0.3) is 0 Å². The van der Waals surface area contributed by atoms with E-state index in [1.54, 1.807) is 17.0 Å². The molecule has 1 fully saturated rings. The Morgan fingerprint density at radius 3 is 2.57 bits per heavy atom. The molecule has 1 heterocycles. The molecule has 0 radical (unpaired) electrons. The number of piperidine rings is 1. The Balaban J connectivity index is 2.26. The molecule has 0 aromatic heterocycles. The highest BCUT2D eigenvalue weighted by Gasteiger charge is 2.41. The number of anilines is 1. The van der Waals surface area contributed by atoms with Crippen molar-refractivity contribution in [3.8, 4) is 0 Å². The zero-order chi connectivity index (χ0) is 15.3. The van der Waals surface area contributed by atoms with Gasteiger partial charge in [-0.3, -0.25) is 4.79 Å². The van der Waals surface area contributed by atoms with Crippen molar-refractivity contribution in [2.45, 2.75) is 39.5 Å². The number of carbonyl (C=O) groups is 1. The van der Waals surface area contributed by atoms with E-state index in [4.69, 9.17) is 0 Å². The van der Waals surface area contributed by atoms with Gasteiger partial charge in [0.1, 0.15) is 5.82 Å². The number of rotatable bonds is 5. The summed E-state index contributed by atoms with van der Waals surface area (Å²) >= 11 is 0. The average molecular weight is 292 g/mol. The smallest absolute Gasteiger partial charge is 0.234 e. The van der Waals surface area contributed by atoms with Crippen molar-refractivity contribution in [1.29, 1.82) is 0 Å². The van der Waals surface area contributed by atoms with Crippen LogP contribution in [0.25, 0.3) is 0 Å². The Kier molecular flexibility index (Phi) is 5.34. The molecule has 4 heteroatoms. The number of amides is 1. The van der Waals surface area contributed by atoms with Crippen LogP contribution in [0.3, 0.4) is 0 Å². The highest BCUT2D eigenvalue weighted by molar-refractivity contribution is 5.97. The highest BCUT2D eigenvalue weighted by atomic mass is 19.1. The van der Waals surface area contributed by atoms with Gasteiger partial charge in [0.05, 0.1) is 5.41 Å². The first kappa shape index (κ1) is 16.0. The summed E-state index contributed by atoms with van der Waals surface area (Å²) in [5.74, 6) is -0.101. The Labute approximate surface area is 126 Å². The Bertz CT molecular complexity index is 461.